The lowest BCUT2D eigenvalue weighted by Gasteiger charge is -2.54. The molecule has 16 heteroatoms. The predicted molar refractivity (Wildman–Crippen MR) is 215 cm³/mol. The van der Waals surface area contributed by atoms with E-state index >= 15 is 0 Å². The number of fused-ring (bicyclic) bond motifs is 4. The number of piperazine rings is 2. The van der Waals surface area contributed by atoms with Gasteiger partial charge in [-0.3, -0.25) is 24.6 Å². The summed E-state index contributed by atoms with van der Waals surface area (Å²) in [6.45, 7) is 13.5. The molecular weight excluding hydrogens is 744 g/mol. The first kappa shape index (κ1) is 38.0. The van der Waals surface area contributed by atoms with Gasteiger partial charge in [0.2, 0.25) is 11.8 Å². The number of piperidine rings is 2. The first-order valence-electron chi connectivity index (χ1n) is 20.6. The Hall–Kier alpha value is -5.51. The summed E-state index contributed by atoms with van der Waals surface area (Å²) in [5, 5.41) is 24.8. The van der Waals surface area contributed by atoms with Gasteiger partial charge in [0.05, 0.1) is 16.9 Å². The normalized spacial score (nSPS) is 26.6. The number of nitrogens with zero attached hydrogens (tertiary/aromatic N) is 8. The second-order valence-electron chi connectivity index (χ2n) is 17.3. The minimum atomic E-state index is -0.714. The molecule has 0 unspecified atom stereocenters. The number of hydrogen-bond donors (Lipinski definition) is 3. The summed E-state index contributed by atoms with van der Waals surface area (Å²) in [5.41, 5.74) is 3.64. The van der Waals surface area contributed by atoms with Crippen molar-refractivity contribution < 1.29 is 28.7 Å². The molecule has 0 saturated carbocycles. The molecule has 58 heavy (non-hydrogen) atoms. The number of benzene rings is 2. The molecule has 0 radical (unpaired) electrons. The smallest absolute Gasteiger partial charge is 0.320 e. The van der Waals surface area contributed by atoms with Gasteiger partial charge >= 0.3 is 6.03 Å². The first-order valence-corrected chi connectivity index (χ1v) is 20.6. The van der Waals surface area contributed by atoms with Crippen LogP contribution in [0.1, 0.15) is 62.4 Å². The van der Waals surface area contributed by atoms with E-state index in [-0.39, 0.29) is 41.9 Å². The minimum Gasteiger partial charge on any atom is -0.504 e. The number of hydrogen-bond acceptors (Lipinski definition) is 11. The summed E-state index contributed by atoms with van der Waals surface area (Å²) in [4.78, 5) is 64.6. The third-order valence-electron chi connectivity index (χ3n) is 13.2. The van der Waals surface area contributed by atoms with Gasteiger partial charge in [0.1, 0.15) is 6.04 Å². The van der Waals surface area contributed by atoms with Crippen LogP contribution in [-0.4, -0.2) is 141 Å². The van der Waals surface area contributed by atoms with Gasteiger partial charge in [0.25, 0.3) is 5.91 Å². The van der Waals surface area contributed by atoms with Gasteiger partial charge in [0, 0.05) is 101 Å². The van der Waals surface area contributed by atoms with E-state index in [1.54, 1.807) is 11.0 Å². The molecule has 9 rings (SSSR count). The van der Waals surface area contributed by atoms with Crippen molar-refractivity contribution in [1.29, 1.82) is 0 Å². The van der Waals surface area contributed by atoms with Gasteiger partial charge < -0.3 is 34.9 Å². The van der Waals surface area contributed by atoms with E-state index in [1.807, 2.05) is 23.1 Å². The molecule has 306 valence electrons. The van der Waals surface area contributed by atoms with Gasteiger partial charge in [-0.25, -0.2) is 9.18 Å². The summed E-state index contributed by atoms with van der Waals surface area (Å²) < 4.78 is 14.2. The fraction of sp³-hybridized carbons (Fsp3) is 0.524. The average Bonchev–Trinajstić information content (AvgIpc) is 3.53. The van der Waals surface area contributed by atoms with Crippen LogP contribution in [0.4, 0.5) is 26.4 Å². The third-order valence-corrected chi connectivity index (χ3v) is 13.2. The van der Waals surface area contributed by atoms with Crippen LogP contribution in [0.2, 0.25) is 0 Å². The maximum absolute atomic E-state index is 14.3. The summed E-state index contributed by atoms with van der Waals surface area (Å²) in [6, 6.07) is 11.8. The van der Waals surface area contributed by atoms with E-state index in [4.69, 9.17) is 0 Å². The molecular formula is C42H51FN10O5. The number of carbonyl (C=O) groups excluding carboxylic acids is 4. The van der Waals surface area contributed by atoms with Gasteiger partial charge in [-0.2, -0.15) is 0 Å². The Morgan fingerprint density at radius 1 is 0.966 bits per heavy atom. The number of anilines is 3. The number of rotatable bonds is 5. The highest BCUT2D eigenvalue weighted by molar-refractivity contribution is 6.05. The molecule has 0 spiro atoms. The molecule has 1 aromatic heterocycles. The lowest BCUT2D eigenvalue weighted by molar-refractivity contribution is -0.136. The highest BCUT2D eigenvalue weighted by Crippen LogP contribution is 2.41. The zero-order valence-electron chi connectivity index (χ0n) is 33.3. The first-order chi connectivity index (χ1) is 27.9. The second-order valence-corrected chi connectivity index (χ2v) is 17.3. The molecule has 6 aliphatic heterocycles. The van der Waals surface area contributed by atoms with Crippen molar-refractivity contribution in [3.05, 3.63) is 59.4 Å². The molecule has 3 N–H and O–H groups in total. The molecule has 2 aromatic carbocycles. The lowest BCUT2D eigenvalue weighted by Crippen LogP contribution is -2.69. The van der Waals surface area contributed by atoms with Crippen molar-refractivity contribution in [2.45, 2.75) is 76.7 Å². The number of nitrogens with one attached hydrogen (secondary N) is 2. The number of para-hydroxylation sites is 1. The van der Waals surface area contributed by atoms with Gasteiger partial charge in [0.15, 0.2) is 17.4 Å². The Bertz CT molecular complexity index is 2150. The van der Waals surface area contributed by atoms with Crippen molar-refractivity contribution in [2.75, 3.05) is 74.0 Å². The highest BCUT2D eigenvalue weighted by atomic mass is 19.1. The van der Waals surface area contributed by atoms with E-state index in [0.717, 1.165) is 62.5 Å². The van der Waals surface area contributed by atoms with Crippen LogP contribution in [0.5, 0.6) is 5.75 Å². The Balaban J connectivity index is 0.783. The van der Waals surface area contributed by atoms with Crippen molar-refractivity contribution in [1.82, 2.24) is 35.1 Å². The lowest BCUT2D eigenvalue weighted by atomic mass is 9.92. The molecule has 0 bridgehead atoms. The second kappa shape index (κ2) is 14.7. The largest absolute Gasteiger partial charge is 0.504 e. The summed E-state index contributed by atoms with van der Waals surface area (Å²) in [7, 11) is 0. The number of carbonyl (C=O) groups is 4. The van der Waals surface area contributed by atoms with E-state index in [2.05, 4.69) is 67.3 Å². The summed E-state index contributed by atoms with van der Waals surface area (Å²) in [6.07, 6.45) is 2.66. The number of aromatic hydroxyl groups is 1. The Morgan fingerprint density at radius 2 is 1.74 bits per heavy atom. The fourth-order valence-electron chi connectivity index (χ4n) is 10.2. The molecule has 6 aliphatic rings. The van der Waals surface area contributed by atoms with Crippen molar-refractivity contribution in [2.24, 2.45) is 5.92 Å². The molecule has 4 atom stereocenters. The number of phenolic OH excluding ortho intramolecular Hbond substituents is 1. The van der Waals surface area contributed by atoms with E-state index < -0.39 is 29.1 Å². The predicted octanol–water partition coefficient (Wildman–Crippen LogP) is 3.49. The summed E-state index contributed by atoms with van der Waals surface area (Å²) >= 11 is 0. The quantitative estimate of drug-likeness (QED) is 0.325. The number of halogens is 1. The van der Waals surface area contributed by atoms with Crippen LogP contribution in [0.15, 0.2) is 42.5 Å². The van der Waals surface area contributed by atoms with E-state index in [1.165, 1.54) is 12.1 Å². The van der Waals surface area contributed by atoms with Gasteiger partial charge in [-0.15, -0.1) is 10.2 Å². The number of aromatic nitrogens is 2. The topological polar surface area (TPSA) is 158 Å². The Kier molecular flexibility index (Phi) is 9.64. The van der Waals surface area contributed by atoms with Crippen LogP contribution in [0, 0.1) is 11.7 Å². The molecule has 7 heterocycles. The van der Waals surface area contributed by atoms with Crippen LogP contribution < -0.4 is 20.4 Å². The monoisotopic (exact) mass is 794 g/mol. The number of amides is 5. The molecule has 15 nitrogen and oxygen atoms in total. The van der Waals surface area contributed by atoms with Gasteiger partial charge in [-0.05, 0) is 81.8 Å². The zero-order chi connectivity index (χ0) is 40.5. The van der Waals surface area contributed by atoms with Crippen molar-refractivity contribution in [3.63, 3.8) is 0 Å². The fourth-order valence-corrected chi connectivity index (χ4v) is 10.2. The van der Waals surface area contributed by atoms with Crippen LogP contribution >= 0.6 is 0 Å². The molecule has 5 amide bonds. The van der Waals surface area contributed by atoms with Crippen molar-refractivity contribution >= 4 is 40.9 Å². The number of urea groups is 1. The Labute approximate surface area is 337 Å². The molecule has 4 saturated heterocycles. The van der Waals surface area contributed by atoms with Gasteiger partial charge in [-0.1, -0.05) is 12.1 Å². The standard InChI is InChI=1S/C42H51FN10O5/c1-25-19-48(21-27-11-13-49(14-12-27)29-8-7-28-22-51(40(57)31(28)17-29)34-9-10-36(54)45-39(34)56)20-26(2)53(25)41(58)50-15-16-52-35-18-33(30-5-4-6-32(43)37(30)55)46-47-38(35)44-23-42(52,3)24-50/h4-8,17-18,25-27,34,55H,9-16,19-24H2,1-3H3,(H,44,47)(H,45,54,56)/t25-,26-,34-,42-/m1/s1. The minimum absolute atomic E-state index is 0.0489. The number of phenols is 1. The SMILES string of the molecule is C[C@@H]1CN(CC2CCN(c3ccc4c(c3)C(=O)N([C@@H]3CCC(=O)NC3=O)C4)CC2)C[C@@H](C)N1C(=O)N1CCN2c3cc(-c4cccc(F)c4O)nnc3NC[C@]2(C)C1. The zero-order valence-corrected chi connectivity index (χ0v) is 33.3. The molecule has 0 aliphatic carbocycles. The number of imide groups is 1. The van der Waals surface area contributed by atoms with Crippen molar-refractivity contribution in [3.8, 4) is 17.0 Å². The van der Waals surface area contributed by atoms with Crippen LogP contribution in [0.25, 0.3) is 11.3 Å². The average molecular weight is 795 g/mol. The van der Waals surface area contributed by atoms with E-state index in [0.29, 0.717) is 62.1 Å². The summed E-state index contributed by atoms with van der Waals surface area (Å²) in [5.74, 6) is -0.847. The van der Waals surface area contributed by atoms with Crippen LogP contribution in [0.3, 0.4) is 0 Å². The Morgan fingerprint density at radius 3 is 2.50 bits per heavy atom. The maximum Gasteiger partial charge on any atom is 0.320 e. The van der Waals surface area contributed by atoms with Crippen LogP contribution in [-0.2, 0) is 16.1 Å². The van der Waals surface area contributed by atoms with E-state index in [9.17, 15) is 28.7 Å². The third kappa shape index (κ3) is 6.74. The molecule has 4 fully saturated rings. The molecule has 3 aromatic rings. The maximum atomic E-state index is 14.3. The highest BCUT2D eigenvalue weighted by Gasteiger charge is 2.46.